The molecule has 0 spiro atoms. The van der Waals surface area contributed by atoms with Crippen LogP contribution in [0.3, 0.4) is 0 Å². The van der Waals surface area contributed by atoms with Crippen molar-refractivity contribution in [1.29, 1.82) is 0 Å². The summed E-state index contributed by atoms with van der Waals surface area (Å²) in [4.78, 5) is 28.1. The number of aryl methyl sites for hydroxylation is 1. The van der Waals surface area contributed by atoms with Crippen LogP contribution in [0.1, 0.15) is 24.5 Å². The van der Waals surface area contributed by atoms with Gasteiger partial charge in [0.2, 0.25) is 11.8 Å². The normalized spacial score (nSPS) is 11.8. The Morgan fingerprint density at radius 2 is 1.56 bits per heavy atom. The van der Waals surface area contributed by atoms with Gasteiger partial charge in [-0.1, -0.05) is 49.4 Å². The molecule has 0 aliphatic rings. The lowest BCUT2D eigenvalue weighted by atomic mass is 10.1. The highest BCUT2D eigenvalue weighted by molar-refractivity contribution is 7.92. The largest absolute Gasteiger partial charge is 0.493 e. The van der Waals surface area contributed by atoms with E-state index < -0.39 is 28.5 Å². The summed E-state index contributed by atoms with van der Waals surface area (Å²) < 4.78 is 39.6. The van der Waals surface area contributed by atoms with Gasteiger partial charge in [0.15, 0.2) is 11.5 Å². The van der Waals surface area contributed by atoms with E-state index in [9.17, 15) is 18.0 Å². The van der Waals surface area contributed by atoms with Gasteiger partial charge in [0, 0.05) is 19.7 Å². The quantitative estimate of drug-likeness (QED) is 0.366. The molecule has 1 N–H and O–H groups in total. The first kappa shape index (κ1) is 29.5. The Labute approximate surface area is 230 Å². The van der Waals surface area contributed by atoms with Gasteiger partial charge in [-0.15, -0.1) is 0 Å². The summed E-state index contributed by atoms with van der Waals surface area (Å²) in [7, 11) is 0.159. The first-order chi connectivity index (χ1) is 18.7. The molecule has 0 saturated heterocycles. The predicted octanol–water partition coefficient (Wildman–Crippen LogP) is 3.76. The maximum Gasteiger partial charge on any atom is 0.264 e. The summed E-state index contributed by atoms with van der Waals surface area (Å²) in [5.74, 6) is -0.223. The number of hydrogen-bond acceptors (Lipinski definition) is 6. The van der Waals surface area contributed by atoms with Gasteiger partial charge in [-0.3, -0.25) is 13.9 Å². The van der Waals surface area contributed by atoms with Crippen LogP contribution in [-0.4, -0.2) is 59.0 Å². The second-order valence-electron chi connectivity index (χ2n) is 8.85. The van der Waals surface area contributed by atoms with Gasteiger partial charge in [-0.2, -0.15) is 0 Å². The van der Waals surface area contributed by atoms with Crippen molar-refractivity contribution in [3.8, 4) is 11.5 Å². The molecule has 1 atom stereocenters. The Kier molecular flexibility index (Phi) is 9.95. The number of carbonyl (C=O) groups is 2. The van der Waals surface area contributed by atoms with E-state index in [2.05, 4.69) is 5.32 Å². The van der Waals surface area contributed by atoms with Crippen LogP contribution in [-0.2, 0) is 26.2 Å². The number of hydrogen-bond donors (Lipinski definition) is 1. The zero-order chi connectivity index (χ0) is 28.6. The average Bonchev–Trinajstić information content (AvgIpc) is 2.96. The first-order valence-electron chi connectivity index (χ1n) is 12.5. The molecule has 2 amide bonds. The van der Waals surface area contributed by atoms with Crippen molar-refractivity contribution in [2.45, 2.75) is 37.8 Å². The number of amides is 2. The average molecular weight is 554 g/mol. The summed E-state index contributed by atoms with van der Waals surface area (Å²) in [5, 5.41) is 2.63. The third kappa shape index (κ3) is 6.69. The third-order valence-electron chi connectivity index (χ3n) is 6.50. The number of anilines is 1. The van der Waals surface area contributed by atoms with E-state index in [1.165, 1.54) is 44.4 Å². The maximum absolute atomic E-state index is 14.0. The molecule has 0 saturated carbocycles. The second-order valence-corrected chi connectivity index (χ2v) is 10.7. The molecule has 3 rings (SSSR count). The highest BCUT2D eigenvalue weighted by atomic mass is 32.2. The van der Waals surface area contributed by atoms with Crippen molar-refractivity contribution in [1.82, 2.24) is 10.2 Å². The molecule has 0 bridgehead atoms. The third-order valence-corrected chi connectivity index (χ3v) is 8.27. The van der Waals surface area contributed by atoms with Crippen molar-refractivity contribution in [2.24, 2.45) is 0 Å². The number of ether oxygens (including phenoxy) is 2. The van der Waals surface area contributed by atoms with Gasteiger partial charge in [0.05, 0.1) is 24.8 Å². The zero-order valence-electron chi connectivity index (χ0n) is 22.9. The van der Waals surface area contributed by atoms with Gasteiger partial charge >= 0.3 is 0 Å². The summed E-state index contributed by atoms with van der Waals surface area (Å²) in [5.41, 5.74) is 2.13. The first-order valence-corrected chi connectivity index (χ1v) is 14.0. The van der Waals surface area contributed by atoms with Crippen LogP contribution < -0.4 is 19.1 Å². The minimum atomic E-state index is -4.23. The molecule has 3 aromatic rings. The molecule has 0 fully saturated rings. The van der Waals surface area contributed by atoms with E-state index >= 15 is 0 Å². The SMILES string of the molecule is CC[C@H](C(=O)NC)N(Cc1ccccc1C)C(=O)CN(c1ccccc1)S(=O)(=O)c1ccc(OC)c(OC)c1. The number of para-hydroxylation sites is 1. The molecular weight excluding hydrogens is 518 g/mol. The summed E-state index contributed by atoms with van der Waals surface area (Å²) >= 11 is 0. The van der Waals surface area contributed by atoms with Gasteiger partial charge in [0.1, 0.15) is 12.6 Å². The van der Waals surface area contributed by atoms with Crippen molar-refractivity contribution in [3.05, 3.63) is 83.9 Å². The highest BCUT2D eigenvalue weighted by Crippen LogP contribution is 2.32. The minimum absolute atomic E-state index is 0.0689. The smallest absolute Gasteiger partial charge is 0.264 e. The second kappa shape index (κ2) is 13.1. The predicted molar refractivity (Wildman–Crippen MR) is 150 cm³/mol. The topological polar surface area (TPSA) is 105 Å². The molecule has 39 heavy (non-hydrogen) atoms. The van der Waals surface area contributed by atoms with Crippen molar-refractivity contribution < 1.29 is 27.5 Å². The number of nitrogens with one attached hydrogen (secondary N) is 1. The van der Waals surface area contributed by atoms with Gasteiger partial charge in [-0.05, 0) is 48.7 Å². The van der Waals surface area contributed by atoms with Gasteiger partial charge < -0.3 is 19.7 Å². The van der Waals surface area contributed by atoms with Gasteiger partial charge in [0.25, 0.3) is 10.0 Å². The molecule has 0 aliphatic heterocycles. The van der Waals surface area contributed by atoms with Crippen LogP contribution in [0.25, 0.3) is 0 Å². The van der Waals surface area contributed by atoms with E-state index in [-0.39, 0.29) is 23.1 Å². The molecule has 0 heterocycles. The van der Waals surface area contributed by atoms with Crippen LogP contribution >= 0.6 is 0 Å². The Morgan fingerprint density at radius 3 is 2.15 bits per heavy atom. The molecule has 9 nitrogen and oxygen atoms in total. The number of rotatable bonds is 12. The van der Waals surface area contributed by atoms with Crippen molar-refractivity contribution in [2.75, 3.05) is 32.1 Å². The van der Waals surface area contributed by atoms with E-state index in [1.807, 2.05) is 38.1 Å². The lowest BCUT2D eigenvalue weighted by Crippen LogP contribution is -2.51. The molecule has 0 unspecified atom stereocenters. The Balaban J connectivity index is 2.08. The number of sulfonamides is 1. The number of nitrogens with zero attached hydrogens (tertiary/aromatic N) is 2. The summed E-state index contributed by atoms with van der Waals surface area (Å²) in [6, 6.07) is 19.4. The minimum Gasteiger partial charge on any atom is -0.493 e. The van der Waals surface area contributed by atoms with E-state index in [0.29, 0.717) is 17.9 Å². The van der Waals surface area contributed by atoms with Gasteiger partial charge in [-0.25, -0.2) is 8.42 Å². The van der Waals surface area contributed by atoms with Crippen LogP contribution in [0.15, 0.2) is 77.7 Å². The van der Waals surface area contributed by atoms with E-state index in [0.717, 1.165) is 15.4 Å². The van der Waals surface area contributed by atoms with Crippen molar-refractivity contribution >= 4 is 27.5 Å². The molecule has 0 radical (unpaired) electrons. The fourth-order valence-corrected chi connectivity index (χ4v) is 5.71. The number of methoxy groups -OCH3 is 2. The highest BCUT2D eigenvalue weighted by Gasteiger charge is 2.34. The molecule has 10 heteroatoms. The van der Waals surface area contributed by atoms with Crippen molar-refractivity contribution in [3.63, 3.8) is 0 Å². The number of benzene rings is 3. The Morgan fingerprint density at radius 1 is 0.923 bits per heavy atom. The van der Waals surface area contributed by atoms with E-state index in [1.54, 1.807) is 30.3 Å². The molecule has 0 aromatic heterocycles. The molecular formula is C29H35N3O6S. The maximum atomic E-state index is 14.0. The van der Waals surface area contributed by atoms with Crippen LogP contribution in [0.4, 0.5) is 5.69 Å². The Hall–Kier alpha value is -4.05. The summed E-state index contributed by atoms with van der Waals surface area (Å²) in [6.45, 7) is 3.38. The van der Waals surface area contributed by atoms with E-state index in [4.69, 9.17) is 9.47 Å². The summed E-state index contributed by atoms with van der Waals surface area (Å²) in [6.07, 6.45) is 0.352. The lowest BCUT2D eigenvalue weighted by Gasteiger charge is -2.33. The fraction of sp³-hybridized carbons (Fsp3) is 0.310. The number of likely N-dealkylation sites (N-methyl/N-ethyl adjacent to an activating group) is 1. The van der Waals surface area contributed by atoms with Crippen LogP contribution in [0.5, 0.6) is 11.5 Å². The molecule has 208 valence electrons. The monoisotopic (exact) mass is 553 g/mol. The zero-order valence-corrected chi connectivity index (χ0v) is 23.7. The van der Waals surface area contributed by atoms with Crippen LogP contribution in [0, 0.1) is 6.92 Å². The molecule has 3 aromatic carbocycles. The van der Waals surface area contributed by atoms with Crippen LogP contribution in [0.2, 0.25) is 0 Å². The lowest BCUT2D eigenvalue weighted by molar-refractivity contribution is -0.140. The Bertz CT molecular complexity index is 1400. The molecule has 0 aliphatic carbocycles. The fourth-order valence-electron chi connectivity index (χ4n) is 4.28. The number of carbonyl (C=O) groups excluding carboxylic acids is 2. The standard InChI is InChI=1S/C29H35N3O6S/c1-6-25(29(34)30-3)31(19-22-13-11-10-12-21(22)2)28(33)20-32(23-14-8-7-9-15-23)39(35,36)24-16-17-26(37-4)27(18-24)38-5/h7-18,25H,6,19-20H2,1-5H3,(H,30,34)/t25-/m1/s1.